The second-order valence-electron chi connectivity index (χ2n) is 4.92. The molecular formula is C14H18N4. The van der Waals surface area contributed by atoms with Crippen LogP contribution in [0.3, 0.4) is 0 Å². The number of aromatic nitrogens is 3. The van der Waals surface area contributed by atoms with Crippen LogP contribution < -0.4 is 4.90 Å². The smallest absolute Gasteiger partial charge is 0.109 e. The Labute approximate surface area is 107 Å². The minimum absolute atomic E-state index is 0.580. The van der Waals surface area contributed by atoms with E-state index in [2.05, 4.69) is 38.9 Å². The molecule has 0 aliphatic carbocycles. The number of nitrogens with zero attached hydrogens (tertiary/aromatic N) is 3. The quantitative estimate of drug-likeness (QED) is 0.880. The molecule has 2 aromatic rings. The molecule has 3 rings (SSSR count). The molecule has 1 aliphatic rings. The van der Waals surface area contributed by atoms with Gasteiger partial charge in [0.25, 0.3) is 0 Å². The van der Waals surface area contributed by atoms with Gasteiger partial charge in [0.15, 0.2) is 0 Å². The Hall–Kier alpha value is -1.84. The Kier molecular flexibility index (Phi) is 3.00. The molecule has 4 heteroatoms. The lowest BCUT2D eigenvalue weighted by atomic mass is 9.96. The molecule has 1 N–H and O–H groups in total. The maximum absolute atomic E-state index is 4.45. The fraction of sp³-hybridized carbons (Fsp3) is 0.429. The van der Waals surface area contributed by atoms with Gasteiger partial charge < -0.3 is 9.88 Å². The lowest BCUT2D eigenvalue weighted by Crippen LogP contribution is -2.33. The summed E-state index contributed by atoms with van der Waals surface area (Å²) in [6.45, 7) is 4.24. The fourth-order valence-corrected chi connectivity index (χ4v) is 2.61. The SMILES string of the molecule is Cc1cnc(C2CCN(c3ccncc3)CC2)[nH]1. The topological polar surface area (TPSA) is 44.8 Å². The van der Waals surface area contributed by atoms with E-state index in [4.69, 9.17) is 0 Å². The van der Waals surface area contributed by atoms with E-state index in [-0.39, 0.29) is 0 Å². The molecule has 1 fully saturated rings. The van der Waals surface area contributed by atoms with Gasteiger partial charge in [0, 0.05) is 49.0 Å². The second kappa shape index (κ2) is 4.80. The van der Waals surface area contributed by atoms with Crippen molar-refractivity contribution in [1.82, 2.24) is 15.0 Å². The normalized spacial score (nSPS) is 17.1. The molecule has 0 atom stereocenters. The van der Waals surface area contributed by atoms with Crippen LogP contribution in [0.25, 0.3) is 0 Å². The summed E-state index contributed by atoms with van der Waals surface area (Å²) in [6.07, 6.45) is 7.96. The van der Waals surface area contributed by atoms with Crippen LogP contribution in [-0.4, -0.2) is 28.0 Å². The van der Waals surface area contributed by atoms with Gasteiger partial charge in [-0.3, -0.25) is 4.98 Å². The van der Waals surface area contributed by atoms with Crippen LogP contribution in [0.1, 0.15) is 30.3 Å². The molecular weight excluding hydrogens is 224 g/mol. The van der Waals surface area contributed by atoms with Gasteiger partial charge in [-0.25, -0.2) is 4.98 Å². The van der Waals surface area contributed by atoms with Crippen LogP contribution in [0, 0.1) is 6.92 Å². The third-order valence-corrected chi connectivity index (χ3v) is 3.63. The monoisotopic (exact) mass is 242 g/mol. The number of hydrogen-bond acceptors (Lipinski definition) is 3. The molecule has 4 nitrogen and oxygen atoms in total. The van der Waals surface area contributed by atoms with Crippen molar-refractivity contribution in [3.05, 3.63) is 42.2 Å². The van der Waals surface area contributed by atoms with Gasteiger partial charge in [-0.15, -0.1) is 0 Å². The molecule has 1 aliphatic heterocycles. The van der Waals surface area contributed by atoms with Gasteiger partial charge >= 0.3 is 0 Å². The van der Waals surface area contributed by atoms with Crippen molar-refractivity contribution in [3.8, 4) is 0 Å². The van der Waals surface area contributed by atoms with E-state index in [1.807, 2.05) is 18.6 Å². The largest absolute Gasteiger partial charge is 0.371 e. The van der Waals surface area contributed by atoms with Crippen molar-refractivity contribution in [3.63, 3.8) is 0 Å². The molecule has 0 saturated carbocycles. The zero-order valence-corrected chi connectivity index (χ0v) is 10.6. The number of rotatable bonds is 2. The van der Waals surface area contributed by atoms with Crippen LogP contribution in [0.15, 0.2) is 30.7 Å². The van der Waals surface area contributed by atoms with Crippen molar-refractivity contribution in [2.24, 2.45) is 0 Å². The zero-order valence-electron chi connectivity index (χ0n) is 10.6. The maximum Gasteiger partial charge on any atom is 0.109 e. The first-order chi connectivity index (χ1) is 8.83. The average Bonchev–Trinajstić information content (AvgIpc) is 2.87. The van der Waals surface area contributed by atoms with Crippen LogP contribution in [0.5, 0.6) is 0 Å². The predicted octanol–water partition coefficient (Wildman–Crippen LogP) is 2.50. The van der Waals surface area contributed by atoms with Gasteiger partial charge in [0.1, 0.15) is 5.82 Å². The molecule has 0 aromatic carbocycles. The van der Waals surface area contributed by atoms with Gasteiger partial charge in [0.2, 0.25) is 0 Å². The van der Waals surface area contributed by atoms with Crippen LogP contribution >= 0.6 is 0 Å². The van der Waals surface area contributed by atoms with E-state index in [0.29, 0.717) is 5.92 Å². The van der Waals surface area contributed by atoms with Crippen LogP contribution in [-0.2, 0) is 0 Å². The minimum atomic E-state index is 0.580. The lowest BCUT2D eigenvalue weighted by molar-refractivity contribution is 0.488. The van der Waals surface area contributed by atoms with Crippen molar-refractivity contribution in [2.45, 2.75) is 25.7 Å². The highest BCUT2D eigenvalue weighted by Crippen LogP contribution is 2.28. The van der Waals surface area contributed by atoms with Gasteiger partial charge in [-0.2, -0.15) is 0 Å². The van der Waals surface area contributed by atoms with E-state index in [1.54, 1.807) is 0 Å². The summed E-state index contributed by atoms with van der Waals surface area (Å²) in [7, 11) is 0. The van der Waals surface area contributed by atoms with Crippen LogP contribution in [0.2, 0.25) is 0 Å². The number of pyridine rings is 1. The molecule has 3 heterocycles. The summed E-state index contributed by atoms with van der Waals surface area (Å²) in [5.41, 5.74) is 2.43. The second-order valence-corrected chi connectivity index (χ2v) is 4.92. The van der Waals surface area contributed by atoms with E-state index in [9.17, 15) is 0 Å². The first kappa shape index (κ1) is 11.3. The molecule has 0 unspecified atom stereocenters. The minimum Gasteiger partial charge on any atom is -0.371 e. The molecule has 0 spiro atoms. The number of anilines is 1. The molecule has 0 bridgehead atoms. The molecule has 0 amide bonds. The number of imidazole rings is 1. The molecule has 2 aromatic heterocycles. The summed E-state index contributed by atoms with van der Waals surface area (Å²) in [5, 5.41) is 0. The Bertz CT molecular complexity index is 498. The predicted molar refractivity (Wildman–Crippen MR) is 71.7 cm³/mol. The maximum atomic E-state index is 4.45. The molecule has 1 saturated heterocycles. The number of piperidine rings is 1. The number of H-pyrrole nitrogens is 1. The Morgan fingerprint density at radius 2 is 1.94 bits per heavy atom. The molecule has 18 heavy (non-hydrogen) atoms. The summed E-state index contributed by atoms with van der Waals surface area (Å²) in [5.74, 6) is 1.73. The van der Waals surface area contributed by atoms with Crippen molar-refractivity contribution < 1.29 is 0 Å². The first-order valence-electron chi connectivity index (χ1n) is 6.49. The number of nitrogens with one attached hydrogen (secondary N) is 1. The number of aromatic amines is 1. The summed E-state index contributed by atoms with van der Waals surface area (Å²) >= 11 is 0. The Balaban J connectivity index is 1.65. The average molecular weight is 242 g/mol. The van der Waals surface area contributed by atoms with Gasteiger partial charge in [-0.1, -0.05) is 0 Å². The fourth-order valence-electron chi connectivity index (χ4n) is 2.61. The Morgan fingerprint density at radius 1 is 1.22 bits per heavy atom. The summed E-state index contributed by atoms with van der Waals surface area (Å²) < 4.78 is 0. The van der Waals surface area contributed by atoms with Crippen molar-refractivity contribution in [2.75, 3.05) is 18.0 Å². The van der Waals surface area contributed by atoms with E-state index in [0.717, 1.165) is 37.4 Å². The van der Waals surface area contributed by atoms with Crippen molar-refractivity contribution in [1.29, 1.82) is 0 Å². The molecule has 0 radical (unpaired) electrons. The molecule has 94 valence electrons. The van der Waals surface area contributed by atoms with E-state index < -0.39 is 0 Å². The summed E-state index contributed by atoms with van der Waals surface area (Å²) in [4.78, 5) is 14.3. The van der Waals surface area contributed by atoms with Gasteiger partial charge in [0.05, 0.1) is 0 Å². The van der Waals surface area contributed by atoms with Gasteiger partial charge in [-0.05, 0) is 31.9 Å². The Morgan fingerprint density at radius 3 is 2.56 bits per heavy atom. The number of aryl methyl sites for hydroxylation is 1. The standard InChI is InChI=1S/C14H18N4/c1-11-10-16-14(17-11)12-4-8-18(9-5-12)13-2-6-15-7-3-13/h2-3,6-7,10,12H,4-5,8-9H2,1H3,(H,16,17). The first-order valence-corrected chi connectivity index (χ1v) is 6.49. The highest BCUT2D eigenvalue weighted by Gasteiger charge is 2.22. The lowest BCUT2D eigenvalue weighted by Gasteiger charge is -2.32. The number of hydrogen-bond donors (Lipinski definition) is 1. The van der Waals surface area contributed by atoms with E-state index >= 15 is 0 Å². The third-order valence-electron chi connectivity index (χ3n) is 3.63. The van der Waals surface area contributed by atoms with Crippen molar-refractivity contribution >= 4 is 5.69 Å². The summed E-state index contributed by atoms with van der Waals surface area (Å²) in [6, 6.07) is 4.16. The highest BCUT2D eigenvalue weighted by atomic mass is 15.1. The highest BCUT2D eigenvalue weighted by molar-refractivity contribution is 5.45. The zero-order chi connectivity index (χ0) is 12.4. The van der Waals surface area contributed by atoms with E-state index in [1.165, 1.54) is 5.69 Å². The third kappa shape index (κ3) is 2.23. The van der Waals surface area contributed by atoms with Crippen LogP contribution in [0.4, 0.5) is 5.69 Å².